The highest BCUT2D eigenvalue weighted by Crippen LogP contribution is 2.65. The van der Waals surface area contributed by atoms with Gasteiger partial charge >= 0.3 is 0 Å². The van der Waals surface area contributed by atoms with Gasteiger partial charge in [0.1, 0.15) is 0 Å². The van der Waals surface area contributed by atoms with Gasteiger partial charge in [0, 0.05) is 55.7 Å². The molecule has 3 fully saturated rings. The first kappa shape index (κ1) is 22.9. The molecule has 1 heterocycles. The fraction of sp³-hybridized carbons (Fsp3) is 0.852. The van der Waals surface area contributed by atoms with Gasteiger partial charge in [-0.1, -0.05) is 27.7 Å². The quantitative estimate of drug-likeness (QED) is 0.609. The molecule has 4 nitrogen and oxygen atoms in total. The zero-order valence-electron chi connectivity index (χ0n) is 20.7. The van der Waals surface area contributed by atoms with Crippen LogP contribution in [0.3, 0.4) is 0 Å². The summed E-state index contributed by atoms with van der Waals surface area (Å²) in [5.74, 6) is 3.40. The van der Waals surface area contributed by atoms with Crippen molar-refractivity contribution >= 4 is 11.7 Å². The van der Waals surface area contributed by atoms with Gasteiger partial charge in [-0.05, 0) is 75.0 Å². The van der Waals surface area contributed by atoms with Gasteiger partial charge in [-0.25, -0.2) is 0 Å². The summed E-state index contributed by atoms with van der Waals surface area (Å²) >= 11 is 0. The Morgan fingerprint density at radius 3 is 2.48 bits per heavy atom. The SMILES string of the molecule is CCN(CC)C(=O)[C@H]1CC[C@H]2[C@@H]3CN(CC(C)C)C4=CC(=O)CC[C@]4(C)[C@H]3CC[C@]12C. The molecule has 0 unspecified atom stereocenters. The van der Waals surface area contributed by atoms with Crippen LogP contribution in [0.5, 0.6) is 0 Å². The Bertz CT molecular complexity index is 754. The maximum Gasteiger partial charge on any atom is 0.226 e. The molecular formula is C27H44N2O2. The summed E-state index contributed by atoms with van der Waals surface area (Å²) in [6.45, 7) is 17.4. The summed E-state index contributed by atoms with van der Waals surface area (Å²) in [6, 6.07) is 0. The number of fused-ring (bicyclic) bond motifs is 5. The van der Waals surface area contributed by atoms with Crippen molar-refractivity contribution in [2.75, 3.05) is 26.2 Å². The molecule has 3 aliphatic carbocycles. The van der Waals surface area contributed by atoms with Crippen LogP contribution in [0.25, 0.3) is 0 Å². The average molecular weight is 429 g/mol. The molecule has 0 aromatic rings. The van der Waals surface area contributed by atoms with Gasteiger partial charge in [0.15, 0.2) is 5.78 Å². The number of hydrogen-bond acceptors (Lipinski definition) is 3. The third-order valence-corrected chi connectivity index (χ3v) is 9.76. The molecule has 0 aromatic heterocycles. The Balaban J connectivity index is 1.66. The second-order valence-corrected chi connectivity index (χ2v) is 11.8. The van der Waals surface area contributed by atoms with Crippen LogP contribution in [0.1, 0.15) is 80.1 Å². The lowest BCUT2D eigenvalue weighted by molar-refractivity contribution is -0.144. The maximum atomic E-state index is 13.4. The lowest BCUT2D eigenvalue weighted by atomic mass is 9.49. The van der Waals surface area contributed by atoms with Gasteiger partial charge in [-0.2, -0.15) is 0 Å². The first-order valence-corrected chi connectivity index (χ1v) is 12.9. The zero-order chi connectivity index (χ0) is 22.6. The van der Waals surface area contributed by atoms with Crippen LogP contribution >= 0.6 is 0 Å². The van der Waals surface area contributed by atoms with E-state index in [4.69, 9.17) is 0 Å². The molecule has 2 saturated carbocycles. The monoisotopic (exact) mass is 428 g/mol. The molecular weight excluding hydrogens is 384 g/mol. The third kappa shape index (κ3) is 3.56. The van der Waals surface area contributed by atoms with Crippen molar-refractivity contribution in [3.05, 3.63) is 11.8 Å². The topological polar surface area (TPSA) is 40.6 Å². The predicted octanol–water partition coefficient (Wildman–Crippen LogP) is 5.14. The molecule has 0 N–H and O–H groups in total. The van der Waals surface area contributed by atoms with Gasteiger partial charge in [-0.3, -0.25) is 9.59 Å². The van der Waals surface area contributed by atoms with Crippen LogP contribution in [0.15, 0.2) is 11.8 Å². The van der Waals surface area contributed by atoms with Crippen molar-refractivity contribution in [2.24, 2.45) is 40.4 Å². The summed E-state index contributed by atoms with van der Waals surface area (Å²) in [4.78, 5) is 30.5. The van der Waals surface area contributed by atoms with E-state index >= 15 is 0 Å². The molecule has 1 amide bonds. The van der Waals surface area contributed by atoms with E-state index in [9.17, 15) is 9.59 Å². The summed E-state index contributed by atoms with van der Waals surface area (Å²) in [5.41, 5.74) is 1.58. The molecule has 0 spiro atoms. The largest absolute Gasteiger partial charge is 0.374 e. The maximum absolute atomic E-state index is 13.4. The number of carbonyl (C=O) groups excluding carboxylic acids is 2. The van der Waals surface area contributed by atoms with Crippen molar-refractivity contribution in [3.63, 3.8) is 0 Å². The third-order valence-electron chi connectivity index (χ3n) is 9.76. The molecule has 6 atom stereocenters. The molecule has 4 aliphatic rings. The van der Waals surface area contributed by atoms with Crippen LogP contribution in [0.2, 0.25) is 0 Å². The highest BCUT2D eigenvalue weighted by molar-refractivity contribution is 5.91. The van der Waals surface area contributed by atoms with Crippen molar-refractivity contribution in [2.45, 2.75) is 80.1 Å². The van der Waals surface area contributed by atoms with Crippen molar-refractivity contribution in [3.8, 4) is 0 Å². The second kappa shape index (κ2) is 8.23. The van der Waals surface area contributed by atoms with E-state index in [2.05, 4.69) is 51.3 Å². The highest BCUT2D eigenvalue weighted by Gasteiger charge is 2.61. The van der Waals surface area contributed by atoms with E-state index < -0.39 is 0 Å². The lowest BCUT2D eigenvalue weighted by Gasteiger charge is -2.61. The van der Waals surface area contributed by atoms with Gasteiger partial charge in [0.2, 0.25) is 5.91 Å². The number of amides is 1. The molecule has 0 aromatic carbocycles. The van der Waals surface area contributed by atoms with Crippen molar-refractivity contribution in [1.82, 2.24) is 9.80 Å². The zero-order valence-corrected chi connectivity index (χ0v) is 20.7. The molecule has 1 saturated heterocycles. The highest BCUT2D eigenvalue weighted by atomic mass is 16.2. The van der Waals surface area contributed by atoms with E-state index in [1.165, 1.54) is 18.5 Å². The van der Waals surface area contributed by atoms with E-state index in [0.29, 0.717) is 41.8 Å². The number of ketones is 1. The van der Waals surface area contributed by atoms with Gasteiger partial charge in [-0.15, -0.1) is 0 Å². The lowest BCUT2D eigenvalue weighted by Crippen LogP contribution is -2.58. The number of likely N-dealkylation sites (tertiary alicyclic amines) is 1. The van der Waals surface area contributed by atoms with E-state index in [1.807, 2.05) is 6.08 Å². The summed E-state index contributed by atoms with van der Waals surface area (Å²) in [6.07, 6.45) is 8.31. The Labute approximate surface area is 189 Å². The summed E-state index contributed by atoms with van der Waals surface area (Å²) < 4.78 is 0. The minimum atomic E-state index is 0.119. The minimum absolute atomic E-state index is 0.119. The Kier molecular flexibility index (Phi) is 6.07. The number of carbonyl (C=O) groups is 2. The van der Waals surface area contributed by atoms with Gasteiger partial charge in [0.25, 0.3) is 0 Å². The van der Waals surface area contributed by atoms with Crippen LogP contribution < -0.4 is 0 Å². The molecule has 1 aliphatic heterocycles. The minimum Gasteiger partial charge on any atom is -0.374 e. The first-order chi connectivity index (χ1) is 14.7. The normalized spacial score (nSPS) is 39.6. The number of nitrogens with zero attached hydrogens (tertiary/aromatic N) is 2. The molecule has 4 rings (SSSR count). The average Bonchev–Trinajstić information content (AvgIpc) is 3.07. The fourth-order valence-electron chi connectivity index (χ4n) is 8.19. The molecule has 0 radical (unpaired) electrons. The van der Waals surface area contributed by atoms with Gasteiger partial charge in [0.05, 0.1) is 0 Å². The van der Waals surface area contributed by atoms with E-state index in [-0.39, 0.29) is 16.7 Å². The van der Waals surface area contributed by atoms with Crippen LogP contribution in [-0.2, 0) is 9.59 Å². The second-order valence-electron chi connectivity index (χ2n) is 11.8. The van der Waals surface area contributed by atoms with E-state index in [1.54, 1.807) is 0 Å². The van der Waals surface area contributed by atoms with Crippen LogP contribution in [0, 0.1) is 40.4 Å². The fourth-order valence-corrected chi connectivity index (χ4v) is 8.19. The van der Waals surface area contributed by atoms with Crippen LogP contribution in [0.4, 0.5) is 0 Å². The van der Waals surface area contributed by atoms with Gasteiger partial charge < -0.3 is 9.80 Å². The summed E-state index contributed by atoms with van der Waals surface area (Å²) in [7, 11) is 0. The molecule has 0 bridgehead atoms. The Hall–Kier alpha value is -1.32. The van der Waals surface area contributed by atoms with Crippen molar-refractivity contribution < 1.29 is 9.59 Å². The number of hydrogen-bond donors (Lipinski definition) is 0. The van der Waals surface area contributed by atoms with Crippen LogP contribution in [-0.4, -0.2) is 47.7 Å². The van der Waals surface area contributed by atoms with Crippen molar-refractivity contribution in [1.29, 1.82) is 0 Å². The first-order valence-electron chi connectivity index (χ1n) is 12.9. The summed E-state index contributed by atoms with van der Waals surface area (Å²) in [5, 5.41) is 0. The molecule has 4 heteroatoms. The number of piperidine rings is 1. The number of rotatable bonds is 5. The van der Waals surface area contributed by atoms with E-state index in [0.717, 1.165) is 45.4 Å². The molecule has 174 valence electrons. The Morgan fingerprint density at radius 2 is 1.84 bits per heavy atom. The predicted molar refractivity (Wildman–Crippen MR) is 125 cm³/mol. The Morgan fingerprint density at radius 1 is 1.13 bits per heavy atom. The molecule has 31 heavy (non-hydrogen) atoms. The standard InChI is InChI=1S/C27H44N2O2/c1-7-28(8-2)25(31)23-10-9-21-20-17-29(16-18(3)4)24-15-19(30)11-13-27(24,6)22(20)12-14-26(21,23)5/h15,18,20-23H,7-14,16-17H2,1-6H3/t20-,21-,22-,23+,26-,27+/m0/s1. The smallest absolute Gasteiger partial charge is 0.226 e. The number of allylic oxidation sites excluding steroid dienone is 2.